The van der Waals surface area contributed by atoms with Gasteiger partial charge in [-0.05, 0) is 26.7 Å². The molecule has 0 aliphatic carbocycles. The fourth-order valence-corrected chi connectivity index (χ4v) is 2.67. The summed E-state index contributed by atoms with van der Waals surface area (Å²) in [7, 11) is 0. The first-order chi connectivity index (χ1) is 9.17. The number of thiazole rings is 1. The second kappa shape index (κ2) is 6.35. The maximum Gasteiger partial charge on any atom is 0.185 e. The van der Waals surface area contributed by atoms with Crippen molar-refractivity contribution >= 4 is 16.5 Å². The molecular weight excluding hydrogens is 256 g/mol. The summed E-state index contributed by atoms with van der Waals surface area (Å²) in [6, 6.07) is 0. The Morgan fingerprint density at radius 3 is 3.00 bits per heavy atom. The average molecular weight is 278 g/mol. The van der Waals surface area contributed by atoms with Crippen LogP contribution in [0.3, 0.4) is 0 Å². The van der Waals surface area contributed by atoms with E-state index in [9.17, 15) is 0 Å². The Balaban J connectivity index is 1.86. The number of aryl methyl sites for hydroxylation is 1. The molecule has 1 atom stereocenters. The number of allylic oxidation sites excluding steroid dienone is 4. The van der Waals surface area contributed by atoms with Crippen molar-refractivity contribution in [1.29, 1.82) is 0 Å². The van der Waals surface area contributed by atoms with Gasteiger partial charge in [-0.15, -0.1) is 11.3 Å². The molecule has 1 aromatic heterocycles. The quantitative estimate of drug-likeness (QED) is 0.601. The lowest BCUT2D eigenvalue weighted by Crippen LogP contribution is -2.23. The zero-order chi connectivity index (χ0) is 13.7. The number of epoxide rings is 1. The van der Waals surface area contributed by atoms with Crippen LogP contribution in [0.5, 0.6) is 0 Å². The number of rotatable bonds is 7. The van der Waals surface area contributed by atoms with Crippen LogP contribution in [0.4, 0.5) is 5.13 Å². The summed E-state index contributed by atoms with van der Waals surface area (Å²) in [6.07, 6.45) is 11.3. The number of hydrogen-bond acceptors (Lipinski definition) is 4. The summed E-state index contributed by atoms with van der Waals surface area (Å²) in [4.78, 5) is 5.70. The topological polar surface area (TPSA) is 37.5 Å². The van der Waals surface area contributed by atoms with Gasteiger partial charge in [0.1, 0.15) is 0 Å². The van der Waals surface area contributed by atoms with Gasteiger partial charge in [0.05, 0.1) is 6.61 Å². The third kappa shape index (κ3) is 4.18. The number of nitrogens with one attached hydrogen (secondary N) is 1. The molecule has 0 aromatic carbocycles. The summed E-state index contributed by atoms with van der Waals surface area (Å²) >= 11 is 1.72. The highest BCUT2D eigenvalue weighted by molar-refractivity contribution is 7.15. The highest BCUT2D eigenvalue weighted by Gasteiger charge is 2.44. The van der Waals surface area contributed by atoms with E-state index < -0.39 is 0 Å². The summed E-state index contributed by atoms with van der Waals surface area (Å²) in [5.74, 6) is 0. The first-order valence-corrected chi connectivity index (χ1v) is 7.64. The minimum Gasteiger partial charge on any atom is -0.348 e. The highest BCUT2D eigenvalue weighted by atomic mass is 32.1. The van der Waals surface area contributed by atoms with Gasteiger partial charge in [-0.1, -0.05) is 30.7 Å². The van der Waals surface area contributed by atoms with E-state index in [2.05, 4.69) is 36.3 Å². The number of ether oxygens (including phenoxy) is 1. The standard InChI is InChI=1S/C15H22N2OS/c1-4-6-7-12(3)8-9-15(11-18-15)17-14-16-10-13(5-2)19-14/h4,6-7,10H,5,8-9,11H2,1-3H3,(H,16,17)/b6-4-,12-7+. The van der Waals surface area contributed by atoms with Crippen molar-refractivity contribution in [2.24, 2.45) is 0 Å². The molecule has 1 aromatic rings. The number of aromatic nitrogens is 1. The van der Waals surface area contributed by atoms with E-state index in [0.29, 0.717) is 0 Å². The zero-order valence-electron chi connectivity index (χ0n) is 11.9. The molecule has 1 N–H and O–H groups in total. The molecule has 2 heterocycles. The largest absolute Gasteiger partial charge is 0.348 e. The van der Waals surface area contributed by atoms with Crippen LogP contribution in [0.2, 0.25) is 0 Å². The van der Waals surface area contributed by atoms with Crippen molar-refractivity contribution in [1.82, 2.24) is 4.98 Å². The fraction of sp³-hybridized carbons (Fsp3) is 0.533. The Labute approximate surface area is 119 Å². The maximum absolute atomic E-state index is 5.61. The molecule has 2 rings (SSSR count). The smallest absolute Gasteiger partial charge is 0.185 e. The van der Waals surface area contributed by atoms with Gasteiger partial charge < -0.3 is 10.1 Å². The molecule has 1 saturated heterocycles. The minimum atomic E-state index is -0.173. The Bertz CT molecular complexity index is 472. The van der Waals surface area contributed by atoms with Crippen LogP contribution in [0.25, 0.3) is 0 Å². The molecule has 1 aliphatic rings. The predicted octanol–water partition coefficient (Wildman–Crippen LogP) is 4.15. The van der Waals surface area contributed by atoms with Crippen LogP contribution in [0, 0.1) is 0 Å². The van der Waals surface area contributed by atoms with Crippen LogP contribution in [0.1, 0.15) is 38.5 Å². The van der Waals surface area contributed by atoms with Gasteiger partial charge >= 0.3 is 0 Å². The molecule has 0 spiro atoms. The van der Waals surface area contributed by atoms with Crippen molar-refractivity contribution in [3.63, 3.8) is 0 Å². The van der Waals surface area contributed by atoms with E-state index in [-0.39, 0.29) is 5.72 Å². The first kappa shape index (κ1) is 14.3. The maximum atomic E-state index is 5.61. The number of nitrogens with zero attached hydrogens (tertiary/aromatic N) is 1. The van der Waals surface area contributed by atoms with Crippen LogP contribution >= 0.6 is 11.3 Å². The Kier molecular flexibility index (Phi) is 4.77. The van der Waals surface area contributed by atoms with Crippen molar-refractivity contribution in [3.05, 3.63) is 34.9 Å². The molecule has 1 unspecified atom stereocenters. The van der Waals surface area contributed by atoms with E-state index in [1.165, 1.54) is 10.5 Å². The zero-order valence-corrected chi connectivity index (χ0v) is 12.7. The highest BCUT2D eigenvalue weighted by Crippen LogP contribution is 2.35. The van der Waals surface area contributed by atoms with Gasteiger partial charge in [-0.2, -0.15) is 0 Å². The van der Waals surface area contributed by atoms with Gasteiger partial charge in [0, 0.05) is 17.5 Å². The molecule has 4 heteroatoms. The van der Waals surface area contributed by atoms with E-state index in [1.54, 1.807) is 11.3 Å². The fourth-order valence-electron chi connectivity index (χ4n) is 1.83. The SMILES string of the molecule is C/C=C\C=C(/C)CCC1(Nc2ncc(CC)s2)CO1. The normalized spacial score (nSPS) is 23.0. The molecule has 1 fully saturated rings. The first-order valence-electron chi connectivity index (χ1n) is 6.83. The van der Waals surface area contributed by atoms with Crippen molar-refractivity contribution < 1.29 is 4.74 Å². The predicted molar refractivity (Wildman–Crippen MR) is 81.6 cm³/mol. The van der Waals surface area contributed by atoms with Gasteiger partial charge in [0.25, 0.3) is 0 Å². The van der Waals surface area contributed by atoms with Gasteiger partial charge in [-0.3, -0.25) is 0 Å². The van der Waals surface area contributed by atoms with Crippen molar-refractivity contribution in [2.45, 2.75) is 45.8 Å². The van der Waals surface area contributed by atoms with Gasteiger partial charge in [0.15, 0.2) is 10.9 Å². The van der Waals surface area contributed by atoms with E-state index in [4.69, 9.17) is 4.74 Å². The summed E-state index contributed by atoms with van der Waals surface area (Å²) in [5.41, 5.74) is 1.21. The third-order valence-electron chi connectivity index (χ3n) is 3.23. The molecule has 19 heavy (non-hydrogen) atoms. The van der Waals surface area contributed by atoms with E-state index in [0.717, 1.165) is 31.0 Å². The lowest BCUT2D eigenvalue weighted by atomic mass is 10.1. The molecule has 1 aliphatic heterocycles. The monoisotopic (exact) mass is 278 g/mol. The van der Waals surface area contributed by atoms with E-state index in [1.807, 2.05) is 19.2 Å². The molecule has 0 bridgehead atoms. The molecule has 3 nitrogen and oxygen atoms in total. The lowest BCUT2D eigenvalue weighted by Gasteiger charge is -2.13. The second-order valence-electron chi connectivity index (χ2n) is 4.93. The Morgan fingerprint density at radius 2 is 2.42 bits per heavy atom. The second-order valence-corrected chi connectivity index (χ2v) is 6.05. The van der Waals surface area contributed by atoms with Crippen LogP contribution in [-0.2, 0) is 11.2 Å². The molecular formula is C15H22N2OS. The summed E-state index contributed by atoms with van der Waals surface area (Å²) in [6.45, 7) is 7.13. The Hall–Kier alpha value is -1.13. The number of anilines is 1. The van der Waals surface area contributed by atoms with Crippen LogP contribution < -0.4 is 5.32 Å². The lowest BCUT2D eigenvalue weighted by molar-refractivity contribution is 0.317. The van der Waals surface area contributed by atoms with E-state index >= 15 is 0 Å². The Morgan fingerprint density at radius 1 is 1.63 bits per heavy atom. The van der Waals surface area contributed by atoms with Crippen molar-refractivity contribution in [2.75, 3.05) is 11.9 Å². The summed E-state index contributed by atoms with van der Waals surface area (Å²) in [5, 5.41) is 4.41. The molecule has 0 radical (unpaired) electrons. The van der Waals surface area contributed by atoms with Crippen molar-refractivity contribution in [3.8, 4) is 0 Å². The number of hydrogen-bond donors (Lipinski definition) is 1. The molecule has 0 saturated carbocycles. The summed E-state index contributed by atoms with van der Waals surface area (Å²) < 4.78 is 5.61. The third-order valence-corrected chi connectivity index (χ3v) is 4.28. The van der Waals surface area contributed by atoms with Crippen LogP contribution in [-0.4, -0.2) is 17.3 Å². The molecule has 104 valence electrons. The minimum absolute atomic E-state index is 0.173. The van der Waals surface area contributed by atoms with Crippen LogP contribution in [0.15, 0.2) is 30.0 Å². The average Bonchev–Trinajstić information content (AvgIpc) is 3.03. The van der Waals surface area contributed by atoms with Gasteiger partial charge in [-0.25, -0.2) is 4.98 Å². The van der Waals surface area contributed by atoms with Gasteiger partial charge in [0.2, 0.25) is 0 Å². The molecule has 0 amide bonds.